The highest BCUT2D eigenvalue weighted by Gasteiger charge is 2.45. The standard InChI is InChI=1S/C19H22F2N4O3S/c1-11-3-5-16(6-4-11)25-29(27,28)19-17(12(2)23-24-19)18(26)22-10-13-7-14(20)9-15(21)8-13/h3-9,12,17,19,23-25H,10H2,1-2H3,(H,22,26). The monoisotopic (exact) mass is 424 g/mol. The maximum absolute atomic E-state index is 13.3. The largest absolute Gasteiger partial charge is 0.352 e. The third kappa shape index (κ3) is 5.08. The molecule has 0 radical (unpaired) electrons. The number of hydrogen-bond donors (Lipinski definition) is 4. The highest BCUT2D eigenvalue weighted by molar-refractivity contribution is 7.93. The van der Waals surface area contributed by atoms with Gasteiger partial charge in [-0.25, -0.2) is 22.6 Å². The highest BCUT2D eigenvalue weighted by Crippen LogP contribution is 2.22. The quantitative estimate of drug-likeness (QED) is 0.567. The zero-order valence-corrected chi connectivity index (χ0v) is 16.7. The third-order valence-electron chi connectivity index (χ3n) is 4.66. The summed E-state index contributed by atoms with van der Waals surface area (Å²) in [6.45, 7) is 3.42. The second kappa shape index (κ2) is 8.44. The highest BCUT2D eigenvalue weighted by atomic mass is 32.2. The van der Waals surface area contributed by atoms with Gasteiger partial charge in [0.2, 0.25) is 5.91 Å². The number of rotatable bonds is 6. The summed E-state index contributed by atoms with van der Waals surface area (Å²) in [6.07, 6.45) is 0. The lowest BCUT2D eigenvalue weighted by atomic mass is 10.0. The van der Waals surface area contributed by atoms with E-state index in [0.29, 0.717) is 5.69 Å². The van der Waals surface area contributed by atoms with Crippen molar-refractivity contribution < 1.29 is 22.0 Å². The van der Waals surface area contributed by atoms with Gasteiger partial charge in [0.1, 0.15) is 11.6 Å². The Morgan fingerprint density at radius 1 is 1.07 bits per heavy atom. The predicted molar refractivity (Wildman–Crippen MR) is 105 cm³/mol. The SMILES string of the molecule is Cc1ccc(NS(=O)(=O)C2NNC(C)C2C(=O)NCc2cc(F)cc(F)c2)cc1. The van der Waals surface area contributed by atoms with Crippen molar-refractivity contribution in [2.75, 3.05) is 4.72 Å². The second-order valence-electron chi connectivity index (χ2n) is 7.03. The fraction of sp³-hybridized carbons (Fsp3) is 0.316. The summed E-state index contributed by atoms with van der Waals surface area (Å²) in [4.78, 5) is 12.7. The molecule has 10 heteroatoms. The van der Waals surface area contributed by atoms with Crippen LogP contribution < -0.4 is 20.9 Å². The molecule has 3 unspecified atom stereocenters. The van der Waals surface area contributed by atoms with Crippen LogP contribution in [0.4, 0.5) is 14.5 Å². The van der Waals surface area contributed by atoms with E-state index < -0.39 is 44.9 Å². The van der Waals surface area contributed by atoms with Gasteiger partial charge in [-0.1, -0.05) is 17.7 Å². The second-order valence-corrected chi connectivity index (χ2v) is 8.83. The molecule has 7 nitrogen and oxygen atoms in total. The molecule has 2 aromatic carbocycles. The summed E-state index contributed by atoms with van der Waals surface area (Å²) in [5.74, 6) is -3.03. The van der Waals surface area contributed by atoms with Gasteiger partial charge in [0.05, 0.1) is 5.92 Å². The van der Waals surface area contributed by atoms with Crippen LogP contribution in [0.1, 0.15) is 18.1 Å². The number of carbonyl (C=O) groups is 1. The summed E-state index contributed by atoms with van der Waals surface area (Å²) >= 11 is 0. The van der Waals surface area contributed by atoms with E-state index in [4.69, 9.17) is 0 Å². The van der Waals surface area contributed by atoms with Gasteiger partial charge in [0.25, 0.3) is 10.0 Å². The number of carbonyl (C=O) groups excluding carboxylic acids is 1. The molecule has 156 valence electrons. The minimum atomic E-state index is -3.95. The van der Waals surface area contributed by atoms with E-state index >= 15 is 0 Å². The van der Waals surface area contributed by atoms with E-state index in [2.05, 4.69) is 20.9 Å². The molecular weight excluding hydrogens is 402 g/mol. The van der Waals surface area contributed by atoms with Crippen molar-refractivity contribution >= 4 is 21.6 Å². The number of hydrogen-bond acceptors (Lipinski definition) is 5. The van der Waals surface area contributed by atoms with Crippen LogP contribution in [0.3, 0.4) is 0 Å². The van der Waals surface area contributed by atoms with E-state index in [-0.39, 0.29) is 12.1 Å². The molecule has 29 heavy (non-hydrogen) atoms. The van der Waals surface area contributed by atoms with Gasteiger partial charge in [-0.3, -0.25) is 14.9 Å². The molecule has 0 bridgehead atoms. The van der Waals surface area contributed by atoms with Crippen LogP contribution in [0, 0.1) is 24.5 Å². The van der Waals surface area contributed by atoms with Gasteiger partial charge in [-0.2, -0.15) is 0 Å². The molecule has 1 heterocycles. The van der Waals surface area contributed by atoms with Crippen molar-refractivity contribution in [1.29, 1.82) is 0 Å². The first-order chi connectivity index (χ1) is 13.7. The number of aryl methyl sites for hydroxylation is 1. The summed E-state index contributed by atoms with van der Waals surface area (Å²) in [6, 6.07) is 9.25. The number of halogens is 2. The zero-order valence-electron chi connectivity index (χ0n) is 15.9. The molecule has 1 amide bonds. The van der Waals surface area contributed by atoms with Crippen LogP contribution in [0.5, 0.6) is 0 Å². The maximum atomic E-state index is 13.3. The number of benzene rings is 2. The average molecular weight is 424 g/mol. The Labute approximate surface area is 167 Å². The van der Waals surface area contributed by atoms with Gasteiger partial charge in [0, 0.05) is 24.3 Å². The smallest absolute Gasteiger partial charge is 0.250 e. The molecule has 3 rings (SSSR count). The van der Waals surface area contributed by atoms with Crippen LogP contribution in [0.15, 0.2) is 42.5 Å². The molecule has 0 spiro atoms. The first-order valence-corrected chi connectivity index (χ1v) is 10.5. The normalized spacial score (nSPS) is 21.7. The number of anilines is 1. The van der Waals surface area contributed by atoms with E-state index in [1.54, 1.807) is 31.2 Å². The van der Waals surface area contributed by atoms with E-state index in [1.807, 2.05) is 6.92 Å². The van der Waals surface area contributed by atoms with Crippen LogP contribution in [0.2, 0.25) is 0 Å². The van der Waals surface area contributed by atoms with Crippen LogP contribution in [-0.2, 0) is 21.4 Å². The molecular formula is C19H22F2N4O3S. The summed E-state index contributed by atoms with van der Waals surface area (Å²) in [5, 5.41) is 1.32. The summed E-state index contributed by atoms with van der Waals surface area (Å²) in [5.41, 5.74) is 7.01. The molecule has 1 aliphatic rings. The molecule has 1 fully saturated rings. The molecule has 4 N–H and O–H groups in total. The Morgan fingerprint density at radius 2 is 1.69 bits per heavy atom. The molecule has 0 saturated carbocycles. The van der Waals surface area contributed by atoms with Crippen molar-refractivity contribution in [3.05, 3.63) is 65.2 Å². The molecule has 3 atom stereocenters. The van der Waals surface area contributed by atoms with Gasteiger partial charge in [0.15, 0.2) is 5.37 Å². The first-order valence-electron chi connectivity index (χ1n) is 8.98. The summed E-state index contributed by atoms with van der Waals surface area (Å²) < 4.78 is 54.7. The van der Waals surface area contributed by atoms with Crippen molar-refractivity contribution in [2.24, 2.45) is 5.92 Å². The van der Waals surface area contributed by atoms with Crippen molar-refractivity contribution in [3.63, 3.8) is 0 Å². The summed E-state index contributed by atoms with van der Waals surface area (Å²) in [7, 11) is -3.95. The molecule has 0 aliphatic carbocycles. The minimum Gasteiger partial charge on any atom is -0.352 e. The average Bonchev–Trinajstić information content (AvgIpc) is 3.03. The lowest BCUT2D eigenvalue weighted by Crippen LogP contribution is -2.47. The number of amides is 1. The Kier molecular flexibility index (Phi) is 6.15. The van der Waals surface area contributed by atoms with Gasteiger partial charge in [-0.15, -0.1) is 0 Å². The topological polar surface area (TPSA) is 99.3 Å². The Balaban J connectivity index is 1.72. The van der Waals surface area contributed by atoms with Crippen LogP contribution >= 0.6 is 0 Å². The molecule has 1 saturated heterocycles. The van der Waals surface area contributed by atoms with E-state index in [1.165, 1.54) is 0 Å². The number of hydrazine groups is 1. The fourth-order valence-corrected chi connectivity index (χ4v) is 4.72. The first kappa shape index (κ1) is 21.2. The number of sulfonamides is 1. The minimum absolute atomic E-state index is 0.130. The van der Waals surface area contributed by atoms with E-state index in [9.17, 15) is 22.0 Å². The molecule has 0 aromatic heterocycles. The Bertz CT molecular complexity index is 979. The Hall–Kier alpha value is -2.56. The Morgan fingerprint density at radius 3 is 2.31 bits per heavy atom. The van der Waals surface area contributed by atoms with Crippen molar-refractivity contribution in [2.45, 2.75) is 31.8 Å². The lowest BCUT2D eigenvalue weighted by molar-refractivity contribution is -0.125. The predicted octanol–water partition coefficient (Wildman–Crippen LogP) is 1.77. The van der Waals surface area contributed by atoms with Gasteiger partial charge in [-0.05, 0) is 43.7 Å². The molecule has 2 aromatic rings. The molecule has 1 aliphatic heterocycles. The van der Waals surface area contributed by atoms with Crippen molar-refractivity contribution in [1.82, 2.24) is 16.2 Å². The third-order valence-corrected chi connectivity index (χ3v) is 6.26. The fourth-order valence-electron chi connectivity index (χ4n) is 3.16. The van der Waals surface area contributed by atoms with Gasteiger partial charge >= 0.3 is 0 Å². The van der Waals surface area contributed by atoms with E-state index in [0.717, 1.165) is 23.8 Å². The number of nitrogens with one attached hydrogen (secondary N) is 4. The zero-order chi connectivity index (χ0) is 21.2. The van der Waals surface area contributed by atoms with Crippen LogP contribution in [0.25, 0.3) is 0 Å². The van der Waals surface area contributed by atoms with Gasteiger partial charge < -0.3 is 5.32 Å². The maximum Gasteiger partial charge on any atom is 0.250 e. The van der Waals surface area contributed by atoms with Crippen LogP contribution in [-0.4, -0.2) is 25.7 Å². The lowest BCUT2D eigenvalue weighted by Gasteiger charge is -2.21. The van der Waals surface area contributed by atoms with Crippen molar-refractivity contribution in [3.8, 4) is 0 Å².